The molecule has 8 aromatic rings. The third-order valence-corrected chi connectivity index (χ3v) is 13.8. The molecule has 4 aliphatic rings. The molecule has 0 spiro atoms. The molecule has 8 aromatic heterocycles. The lowest BCUT2D eigenvalue weighted by Gasteiger charge is -2.33. The van der Waals surface area contributed by atoms with Crippen LogP contribution in [0.15, 0.2) is 61.4 Å². The molecule has 0 aliphatic carbocycles. The molecule has 4 fully saturated rings. The van der Waals surface area contributed by atoms with Gasteiger partial charge < -0.3 is 40.5 Å². The summed E-state index contributed by atoms with van der Waals surface area (Å²) in [6, 6.07) is 7.35. The highest BCUT2D eigenvalue weighted by atomic mass is 16.5. The minimum Gasteiger partial charge on any atom is -0.378 e. The van der Waals surface area contributed by atoms with Crippen molar-refractivity contribution in [1.29, 1.82) is 0 Å². The maximum atomic E-state index is 14.2. The van der Waals surface area contributed by atoms with Crippen LogP contribution in [0.1, 0.15) is 64.8 Å². The van der Waals surface area contributed by atoms with E-state index in [2.05, 4.69) is 49.7 Å². The molecule has 0 unspecified atom stereocenters. The van der Waals surface area contributed by atoms with Crippen molar-refractivity contribution in [3.63, 3.8) is 0 Å². The van der Waals surface area contributed by atoms with Gasteiger partial charge in [0, 0.05) is 124 Å². The summed E-state index contributed by atoms with van der Waals surface area (Å²) in [5, 5.41) is 17.7. The first kappa shape index (κ1) is 43.2. The van der Waals surface area contributed by atoms with Crippen LogP contribution in [0.5, 0.6) is 0 Å². The molecular weight excluding hydrogens is 893 g/mol. The minimum absolute atomic E-state index is 0.0869. The molecule has 23 heteroatoms. The van der Waals surface area contributed by atoms with E-state index in [1.807, 2.05) is 12.1 Å². The van der Waals surface area contributed by atoms with Gasteiger partial charge >= 0.3 is 0 Å². The van der Waals surface area contributed by atoms with Gasteiger partial charge in [-0.1, -0.05) is 0 Å². The summed E-state index contributed by atoms with van der Waals surface area (Å²) in [4.78, 5) is 69.3. The molecule has 0 atom stereocenters. The van der Waals surface area contributed by atoms with E-state index < -0.39 is 0 Å². The van der Waals surface area contributed by atoms with Gasteiger partial charge in [-0.2, -0.15) is 20.2 Å². The Balaban J connectivity index is 0.728. The van der Waals surface area contributed by atoms with Crippen LogP contribution < -0.4 is 31.1 Å². The van der Waals surface area contributed by atoms with Crippen LogP contribution in [0.25, 0.3) is 44.6 Å². The lowest BCUT2D eigenvalue weighted by molar-refractivity contribution is 0.103. The number of carbonyl (C=O) groups excluding carboxylic acids is 1. The largest absolute Gasteiger partial charge is 0.378 e. The topological polar surface area (TPSA) is 287 Å². The highest BCUT2D eigenvalue weighted by Gasteiger charge is 2.31. The second kappa shape index (κ2) is 18.5. The maximum Gasteiger partial charge on any atom is 0.228 e. The number of nitrogens with one attached hydrogen (secondary N) is 2. The number of aromatic nitrogens is 14. The highest BCUT2D eigenvalue weighted by Crippen LogP contribution is 2.39. The molecule has 70 heavy (non-hydrogen) atoms. The summed E-state index contributed by atoms with van der Waals surface area (Å²) in [6.45, 7) is 8.10. The van der Waals surface area contributed by atoms with Gasteiger partial charge in [0.15, 0.2) is 17.1 Å². The number of ether oxygens (including phenoxy) is 2. The summed E-state index contributed by atoms with van der Waals surface area (Å²) >= 11 is 0. The van der Waals surface area contributed by atoms with Crippen molar-refractivity contribution in [3.8, 4) is 22.5 Å². The standard InChI is InChI=1S/C47H50N20O3/c48-44-52-23-31(24-53-44)37-35-39(60-62-42(35)58-46(56-37)66-13-17-69-18-14-66)27-3-9-64(10-4-27)33-21-29(1-7-50-33)41(68)30-2-8-51-34(22-30)65-11-5-28(6-12-65)40-36-38(32-25-54-45(49)55-26-32)57-47(59-43(36)63-61-40)67-15-19-70-20-16-67/h1-2,7-8,21-28H,3-6,9-20H2,(H2,48,52,53)(H2,49,54,55)(H,56,58,60,62)(H,57,59,61,63). The number of hydrogen-bond acceptors (Lipinski definition) is 21. The summed E-state index contributed by atoms with van der Waals surface area (Å²) in [5.74, 6) is 3.31. The molecule has 356 valence electrons. The average molecular weight is 943 g/mol. The van der Waals surface area contributed by atoms with E-state index in [-0.39, 0.29) is 29.5 Å². The van der Waals surface area contributed by atoms with Crippen molar-refractivity contribution >= 4 is 63.3 Å². The van der Waals surface area contributed by atoms with E-state index in [0.29, 0.717) is 98.3 Å². The predicted molar refractivity (Wildman–Crippen MR) is 261 cm³/mol. The molecule has 0 amide bonds. The molecule has 0 radical (unpaired) electrons. The number of carbonyl (C=O) groups is 1. The molecule has 4 aliphatic heterocycles. The quantitative estimate of drug-likeness (QED) is 0.143. The Hall–Kier alpha value is -8.05. The van der Waals surface area contributed by atoms with Gasteiger partial charge in [0.1, 0.15) is 11.6 Å². The normalized spacial score (nSPS) is 17.5. The number of morpholine rings is 2. The molecule has 12 rings (SSSR count). The van der Waals surface area contributed by atoms with Crippen LogP contribution in [0.4, 0.5) is 35.4 Å². The lowest BCUT2D eigenvalue weighted by Crippen LogP contribution is -2.37. The van der Waals surface area contributed by atoms with Gasteiger partial charge in [-0.25, -0.2) is 39.9 Å². The number of H-pyrrole nitrogens is 2. The van der Waals surface area contributed by atoms with E-state index in [4.69, 9.17) is 61.0 Å². The van der Waals surface area contributed by atoms with Gasteiger partial charge in [0.25, 0.3) is 0 Å². The highest BCUT2D eigenvalue weighted by molar-refractivity contribution is 6.09. The molecule has 0 saturated carbocycles. The van der Waals surface area contributed by atoms with Gasteiger partial charge in [-0.05, 0) is 49.9 Å². The lowest BCUT2D eigenvalue weighted by atomic mass is 9.91. The first-order valence-corrected chi connectivity index (χ1v) is 23.7. The second-order valence-electron chi connectivity index (χ2n) is 17.9. The van der Waals surface area contributed by atoms with Crippen molar-refractivity contribution in [2.24, 2.45) is 0 Å². The number of anilines is 6. The monoisotopic (exact) mass is 942 g/mol. The van der Waals surface area contributed by atoms with Crippen molar-refractivity contribution < 1.29 is 14.3 Å². The van der Waals surface area contributed by atoms with Crippen molar-refractivity contribution in [1.82, 2.24) is 70.2 Å². The van der Waals surface area contributed by atoms with Crippen LogP contribution in [-0.4, -0.2) is 155 Å². The summed E-state index contributed by atoms with van der Waals surface area (Å²) in [6.07, 6.45) is 13.5. The molecule has 0 bridgehead atoms. The molecule has 12 heterocycles. The zero-order chi connectivity index (χ0) is 47.1. The Labute approximate surface area is 400 Å². The molecule has 23 nitrogen and oxygen atoms in total. The number of piperidine rings is 2. The van der Waals surface area contributed by atoms with E-state index in [1.165, 1.54) is 0 Å². The Morgan fingerprint density at radius 3 is 1.33 bits per heavy atom. The molecule has 4 saturated heterocycles. The Kier molecular flexibility index (Phi) is 11.4. The van der Waals surface area contributed by atoms with Gasteiger partial charge in [0.05, 0.1) is 60.0 Å². The SMILES string of the molecule is Nc1ncc(-c2nc(N3CCOCC3)nc3n[nH]c(C4CCN(c5cc(C(=O)c6ccnc(N7CCC(c8[nH]nc9nc(N%10CCOCC%10)nc(-c%10cnc(N)nc%10)c89)CC7)c6)ccn5)CC4)c23)cn1. The van der Waals surface area contributed by atoms with Crippen molar-refractivity contribution in [2.45, 2.75) is 37.5 Å². The Bertz CT molecular complexity index is 2960. The minimum atomic E-state index is -0.0869. The zero-order valence-corrected chi connectivity index (χ0v) is 38.3. The number of nitrogen functional groups attached to an aromatic ring is 2. The number of fused-ring (bicyclic) bond motifs is 2. The fourth-order valence-electron chi connectivity index (χ4n) is 10.0. The fourth-order valence-corrected chi connectivity index (χ4v) is 10.0. The van der Waals surface area contributed by atoms with E-state index in [1.54, 1.807) is 49.3 Å². The number of pyridine rings is 2. The fraction of sp³-hybridized carbons (Fsp3) is 0.383. The van der Waals surface area contributed by atoms with Crippen LogP contribution in [0.2, 0.25) is 0 Å². The summed E-state index contributed by atoms with van der Waals surface area (Å²) in [7, 11) is 0. The number of aromatic amines is 2. The molecule has 0 aromatic carbocycles. The van der Waals surface area contributed by atoms with Gasteiger partial charge in [0.2, 0.25) is 23.8 Å². The van der Waals surface area contributed by atoms with Crippen LogP contribution >= 0.6 is 0 Å². The number of hydrogen-bond donors (Lipinski definition) is 4. The first-order chi connectivity index (χ1) is 34.4. The number of rotatable bonds is 10. The van der Waals surface area contributed by atoms with Gasteiger partial charge in [-0.15, -0.1) is 0 Å². The van der Waals surface area contributed by atoms with Crippen LogP contribution in [0.3, 0.4) is 0 Å². The van der Waals surface area contributed by atoms with Crippen molar-refractivity contribution in [2.75, 3.05) is 110 Å². The predicted octanol–water partition coefficient (Wildman–Crippen LogP) is 3.56. The third kappa shape index (κ3) is 8.35. The van der Waals surface area contributed by atoms with Crippen molar-refractivity contribution in [3.05, 3.63) is 84.0 Å². The number of nitrogens with two attached hydrogens (primary N) is 2. The third-order valence-electron chi connectivity index (χ3n) is 13.8. The number of nitrogens with zero attached hydrogens (tertiary/aromatic N) is 16. The Morgan fingerprint density at radius 1 is 0.529 bits per heavy atom. The first-order valence-electron chi connectivity index (χ1n) is 23.7. The van der Waals surface area contributed by atoms with Crippen LogP contribution in [0, 0.1) is 0 Å². The number of ketones is 1. The Morgan fingerprint density at radius 2 is 0.929 bits per heavy atom. The zero-order valence-electron chi connectivity index (χ0n) is 38.3. The van der Waals surface area contributed by atoms with Gasteiger partial charge in [-0.3, -0.25) is 15.0 Å². The molecular formula is C47H50N20O3. The summed E-state index contributed by atoms with van der Waals surface area (Å²) in [5.41, 5.74) is 18.9. The maximum absolute atomic E-state index is 14.2. The molecule has 6 N–H and O–H groups in total. The smallest absolute Gasteiger partial charge is 0.228 e. The van der Waals surface area contributed by atoms with Crippen LogP contribution in [-0.2, 0) is 9.47 Å². The summed E-state index contributed by atoms with van der Waals surface area (Å²) < 4.78 is 11.2. The second-order valence-corrected chi connectivity index (χ2v) is 17.9. The van der Waals surface area contributed by atoms with E-state index >= 15 is 0 Å². The average Bonchev–Trinajstić information content (AvgIpc) is 4.07. The van der Waals surface area contributed by atoms with E-state index in [9.17, 15) is 4.79 Å². The van der Waals surface area contributed by atoms with E-state index in [0.717, 1.165) is 96.8 Å².